The Bertz CT molecular complexity index is 1050. The lowest BCUT2D eigenvalue weighted by atomic mass is 10.0. The summed E-state index contributed by atoms with van der Waals surface area (Å²) in [6.45, 7) is 1.34. The molecule has 11 heteroatoms. The first-order valence-electron chi connectivity index (χ1n) is 12.3. The predicted octanol–water partition coefficient (Wildman–Crippen LogP) is 0.472. The average molecular weight is 545 g/mol. The number of aliphatic hydroxyl groups excluding tert-OH is 1. The quantitative estimate of drug-likeness (QED) is 0.188. The van der Waals surface area contributed by atoms with Gasteiger partial charge in [0.2, 0.25) is 17.7 Å². The van der Waals surface area contributed by atoms with E-state index in [9.17, 15) is 29.4 Å². The van der Waals surface area contributed by atoms with Gasteiger partial charge in [0.25, 0.3) is 0 Å². The van der Waals surface area contributed by atoms with Crippen LogP contribution in [-0.2, 0) is 32.0 Å². The van der Waals surface area contributed by atoms with Crippen molar-refractivity contribution in [1.82, 2.24) is 16.0 Å². The van der Waals surface area contributed by atoms with Crippen molar-refractivity contribution in [2.45, 2.75) is 56.5 Å². The highest BCUT2D eigenvalue weighted by Crippen LogP contribution is 2.08. The van der Waals surface area contributed by atoms with Gasteiger partial charge in [0.05, 0.1) is 12.1 Å². The summed E-state index contributed by atoms with van der Waals surface area (Å²) in [5.74, 6) is -2.68. The molecule has 2 rings (SSSR count). The lowest BCUT2D eigenvalue weighted by molar-refractivity contribution is -0.142. The van der Waals surface area contributed by atoms with E-state index in [4.69, 9.17) is 5.73 Å². The Morgan fingerprint density at radius 3 is 1.79 bits per heavy atom. The number of nitrogens with one attached hydrogen (secondary N) is 3. The molecule has 0 saturated carbocycles. The van der Waals surface area contributed by atoms with Crippen LogP contribution in [0.2, 0.25) is 0 Å². The first-order valence-corrected chi connectivity index (χ1v) is 13.7. The third kappa shape index (κ3) is 10.2. The van der Waals surface area contributed by atoms with Crippen LogP contribution in [0, 0.1) is 0 Å². The molecule has 0 aromatic heterocycles. The van der Waals surface area contributed by atoms with E-state index in [1.165, 1.54) is 18.7 Å². The molecular weight excluding hydrogens is 508 g/mol. The van der Waals surface area contributed by atoms with Crippen LogP contribution in [0.15, 0.2) is 60.7 Å². The van der Waals surface area contributed by atoms with Crippen molar-refractivity contribution in [1.29, 1.82) is 0 Å². The molecule has 2 aromatic carbocycles. The molecule has 0 spiro atoms. The molecule has 0 fully saturated rings. The molecular formula is C27H36N4O6S. The van der Waals surface area contributed by atoms with Gasteiger partial charge in [-0.1, -0.05) is 60.7 Å². The Hall–Kier alpha value is -3.41. The van der Waals surface area contributed by atoms with Crippen LogP contribution >= 0.6 is 11.8 Å². The molecule has 3 amide bonds. The van der Waals surface area contributed by atoms with Crippen LogP contribution in [0.1, 0.15) is 24.5 Å². The summed E-state index contributed by atoms with van der Waals surface area (Å²) >= 11 is 1.52. The molecule has 2 aromatic rings. The lowest BCUT2D eigenvalue weighted by Gasteiger charge is -2.26. The number of benzene rings is 2. The monoisotopic (exact) mass is 544 g/mol. The van der Waals surface area contributed by atoms with Gasteiger partial charge in [-0.05, 0) is 36.5 Å². The molecule has 0 bridgehead atoms. The van der Waals surface area contributed by atoms with Crippen LogP contribution in [-0.4, -0.2) is 76.2 Å². The molecule has 206 valence electrons. The number of carbonyl (C=O) groups is 4. The van der Waals surface area contributed by atoms with Crippen molar-refractivity contribution in [3.63, 3.8) is 0 Å². The van der Waals surface area contributed by atoms with E-state index >= 15 is 0 Å². The summed E-state index contributed by atoms with van der Waals surface area (Å²) in [5.41, 5.74) is 7.33. The molecule has 10 nitrogen and oxygen atoms in total. The summed E-state index contributed by atoms with van der Waals surface area (Å²) in [7, 11) is 0. The Morgan fingerprint density at radius 2 is 1.32 bits per heavy atom. The second kappa shape index (κ2) is 15.8. The zero-order valence-corrected chi connectivity index (χ0v) is 22.3. The summed E-state index contributed by atoms with van der Waals surface area (Å²) in [6.07, 6.45) is 1.09. The first kappa shape index (κ1) is 30.8. The maximum atomic E-state index is 13.3. The third-order valence-corrected chi connectivity index (χ3v) is 6.49. The zero-order chi connectivity index (χ0) is 28.1. The second-order valence-corrected chi connectivity index (χ2v) is 9.94. The maximum absolute atomic E-state index is 13.3. The summed E-state index contributed by atoms with van der Waals surface area (Å²) < 4.78 is 0. The summed E-state index contributed by atoms with van der Waals surface area (Å²) in [5, 5.41) is 27.5. The highest BCUT2D eigenvalue weighted by molar-refractivity contribution is 7.98. The van der Waals surface area contributed by atoms with Gasteiger partial charge in [-0.3, -0.25) is 14.4 Å². The van der Waals surface area contributed by atoms with E-state index in [-0.39, 0.29) is 12.8 Å². The number of carboxylic acids is 1. The number of carboxylic acid groups (broad SMARTS) is 1. The van der Waals surface area contributed by atoms with Gasteiger partial charge in [0.1, 0.15) is 18.1 Å². The van der Waals surface area contributed by atoms with Gasteiger partial charge in [0.15, 0.2) is 0 Å². The van der Waals surface area contributed by atoms with Gasteiger partial charge in [0, 0.05) is 12.8 Å². The van der Waals surface area contributed by atoms with Gasteiger partial charge >= 0.3 is 5.97 Å². The Balaban J connectivity index is 2.20. The normalized spacial score (nSPS) is 14.8. The topological polar surface area (TPSA) is 171 Å². The minimum Gasteiger partial charge on any atom is -0.480 e. The van der Waals surface area contributed by atoms with Crippen LogP contribution in [0.3, 0.4) is 0 Å². The van der Waals surface area contributed by atoms with Crippen LogP contribution in [0.4, 0.5) is 0 Å². The molecule has 0 aliphatic rings. The maximum Gasteiger partial charge on any atom is 0.326 e. The second-order valence-electron chi connectivity index (χ2n) is 8.95. The molecule has 0 saturated heterocycles. The number of hydrogen-bond donors (Lipinski definition) is 6. The van der Waals surface area contributed by atoms with E-state index in [0.717, 1.165) is 11.1 Å². The Kier molecular flexibility index (Phi) is 12.8. The molecule has 7 N–H and O–H groups in total. The molecule has 5 unspecified atom stereocenters. The van der Waals surface area contributed by atoms with Crippen molar-refractivity contribution >= 4 is 35.5 Å². The molecule has 38 heavy (non-hydrogen) atoms. The Labute approximate surface area is 226 Å². The highest BCUT2D eigenvalue weighted by atomic mass is 32.2. The number of hydrogen-bond acceptors (Lipinski definition) is 7. The van der Waals surface area contributed by atoms with E-state index in [1.54, 1.807) is 60.7 Å². The van der Waals surface area contributed by atoms with Crippen LogP contribution < -0.4 is 21.7 Å². The van der Waals surface area contributed by atoms with Crippen LogP contribution in [0.25, 0.3) is 0 Å². The van der Waals surface area contributed by atoms with E-state index < -0.39 is 54.0 Å². The standard InChI is InChI=1S/C27H36N4O6S/c1-17(32)23(31-24(33)20(28)13-14-38-2)26(35)29-21(15-18-9-5-3-6-10-18)25(34)30-22(27(36)37)16-19-11-7-4-8-12-19/h3-12,17,20-23,32H,13-16,28H2,1-2H3,(H,29,35)(H,30,34)(H,31,33)(H,36,37). The third-order valence-electron chi connectivity index (χ3n) is 5.85. The first-order chi connectivity index (χ1) is 18.1. The fourth-order valence-corrected chi connectivity index (χ4v) is 4.17. The molecule has 0 aliphatic heterocycles. The van der Waals surface area contributed by atoms with Crippen molar-refractivity contribution in [3.8, 4) is 0 Å². The number of nitrogens with two attached hydrogens (primary N) is 1. The SMILES string of the molecule is CSCCC(N)C(=O)NC(C(=O)NC(Cc1ccccc1)C(=O)NC(Cc1ccccc1)C(=O)O)C(C)O. The lowest BCUT2D eigenvalue weighted by Crippen LogP contribution is -2.60. The minimum absolute atomic E-state index is 0.0498. The highest BCUT2D eigenvalue weighted by Gasteiger charge is 2.32. The summed E-state index contributed by atoms with van der Waals surface area (Å²) in [6, 6.07) is 13.1. The van der Waals surface area contributed by atoms with Gasteiger partial charge in [-0.2, -0.15) is 11.8 Å². The number of amides is 3. The fourth-order valence-electron chi connectivity index (χ4n) is 3.68. The van der Waals surface area contributed by atoms with Crippen molar-refractivity contribution in [2.75, 3.05) is 12.0 Å². The van der Waals surface area contributed by atoms with Crippen molar-refractivity contribution in [2.24, 2.45) is 5.73 Å². The summed E-state index contributed by atoms with van der Waals surface area (Å²) in [4.78, 5) is 50.8. The predicted molar refractivity (Wildman–Crippen MR) is 146 cm³/mol. The fraction of sp³-hybridized carbons (Fsp3) is 0.407. The van der Waals surface area contributed by atoms with Gasteiger partial charge in [-0.25, -0.2) is 4.79 Å². The van der Waals surface area contributed by atoms with E-state index in [0.29, 0.717) is 12.2 Å². The number of aliphatic carboxylic acids is 1. The zero-order valence-electron chi connectivity index (χ0n) is 21.5. The largest absolute Gasteiger partial charge is 0.480 e. The smallest absolute Gasteiger partial charge is 0.326 e. The van der Waals surface area contributed by atoms with E-state index in [2.05, 4.69) is 16.0 Å². The van der Waals surface area contributed by atoms with E-state index in [1.807, 2.05) is 6.26 Å². The molecule has 0 aliphatic carbocycles. The number of thioether (sulfide) groups is 1. The molecule has 0 radical (unpaired) electrons. The van der Waals surface area contributed by atoms with Gasteiger partial charge < -0.3 is 31.9 Å². The van der Waals surface area contributed by atoms with Crippen molar-refractivity contribution < 1.29 is 29.4 Å². The van der Waals surface area contributed by atoms with Gasteiger partial charge in [-0.15, -0.1) is 0 Å². The minimum atomic E-state index is -1.37. The van der Waals surface area contributed by atoms with Crippen molar-refractivity contribution in [3.05, 3.63) is 71.8 Å². The molecule has 0 heterocycles. The number of aliphatic hydroxyl groups is 1. The number of rotatable bonds is 15. The van der Waals surface area contributed by atoms with Crippen LogP contribution in [0.5, 0.6) is 0 Å². The average Bonchev–Trinajstić information content (AvgIpc) is 2.90. The number of carbonyl (C=O) groups excluding carboxylic acids is 3. The molecule has 5 atom stereocenters. The Morgan fingerprint density at radius 1 is 0.816 bits per heavy atom.